The third kappa shape index (κ3) is 2.16. The van der Waals surface area contributed by atoms with E-state index in [1.165, 1.54) is 0 Å². The number of aryl methyl sites for hydroxylation is 1. The van der Waals surface area contributed by atoms with E-state index in [-0.39, 0.29) is 6.61 Å². The van der Waals surface area contributed by atoms with Crippen LogP contribution in [0, 0.1) is 6.92 Å². The zero-order chi connectivity index (χ0) is 10.7. The number of nitrogens with zero attached hydrogens (tertiary/aromatic N) is 3. The van der Waals surface area contributed by atoms with Gasteiger partial charge in [0.05, 0.1) is 12.3 Å². The van der Waals surface area contributed by atoms with Gasteiger partial charge in [0.15, 0.2) is 5.82 Å². The minimum absolute atomic E-state index is 0.0680. The molecule has 4 nitrogen and oxygen atoms in total. The number of aromatic nitrogens is 3. The number of rotatable bonds is 2. The van der Waals surface area contributed by atoms with E-state index in [1.54, 1.807) is 18.5 Å². The van der Waals surface area contributed by atoms with Gasteiger partial charge in [-0.1, -0.05) is 0 Å². The molecule has 1 N–H and O–H groups in total. The van der Waals surface area contributed by atoms with Crippen molar-refractivity contribution in [2.45, 2.75) is 13.5 Å². The van der Waals surface area contributed by atoms with Gasteiger partial charge in [-0.25, -0.2) is 9.97 Å². The molecule has 2 rings (SSSR count). The fourth-order valence-electron chi connectivity index (χ4n) is 1.34. The van der Waals surface area contributed by atoms with Crippen molar-refractivity contribution in [2.75, 3.05) is 0 Å². The van der Waals surface area contributed by atoms with Crippen LogP contribution >= 0.6 is 0 Å². The van der Waals surface area contributed by atoms with Gasteiger partial charge in [-0.05, 0) is 25.1 Å². The minimum atomic E-state index is -0.0680. The highest BCUT2D eigenvalue weighted by atomic mass is 16.3. The molecule has 0 saturated carbocycles. The van der Waals surface area contributed by atoms with Gasteiger partial charge >= 0.3 is 0 Å². The molecule has 0 bridgehead atoms. The molecule has 0 aliphatic heterocycles. The Morgan fingerprint density at radius 2 is 1.93 bits per heavy atom. The molecule has 0 atom stereocenters. The number of aliphatic hydroxyl groups excluding tert-OH is 1. The van der Waals surface area contributed by atoms with E-state index in [0.29, 0.717) is 11.5 Å². The van der Waals surface area contributed by atoms with Crippen LogP contribution in [0.2, 0.25) is 0 Å². The van der Waals surface area contributed by atoms with Gasteiger partial charge in [0.1, 0.15) is 0 Å². The van der Waals surface area contributed by atoms with Crippen LogP contribution in [0.15, 0.2) is 30.6 Å². The first-order valence-corrected chi connectivity index (χ1v) is 4.65. The smallest absolute Gasteiger partial charge is 0.159 e. The van der Waals surface area contributed by atoms with E-state index in [9.17, 15) is 0 Å². The summed E-state index contributed by atoms with van der Waals surface area (Å²) in [6.07, 6.45) is 3.39. The Hall–Kier alpha value is -1.81. The van der Waals surface area contributed by atoms with Crippen molar-refractivity contribution in [3.8, 4) is 11.4 Å². The second-order valence-corrected chi connectivity index (χ2v) is 3.22. The summed E-state index contributed by atoms with van der Waals surface area (Å²) in [5.41, 5.74) is 2.39. The molecule has 0 fully saturated rings. The van der Waals surface area contributed by atoms with Gasteiger partial charge in [-0.15, -0.1) is 0 Å². The average molecular weight is 201 g/mol. The van der Waals surface area contributed by atoms with Crippen molar-refractivity contribution in [3.63, 3.8) is 0 Å². The number of aliphatic hydroxyl groups is 1. The lowest BCUT2D eigenvalue weighted by atomic mass is 10.2. The molecule has 15 heavy (non-hydrogen) atoms. The van der Waals surface area contributed by atoms with Crippen LogP contribution in [0.3, 0.4) is 0 Å². The van der Waals surface area contributed by atoms with Gasteiger partial charge in [0.2, 0.25) is 0 Å². The van der Waals surface area contributed by atoms with E-state index in [2.05, 4.69) is 15.0 Å². The zero-order valence-electron chi connectivity index (χ0n) is 8.38. The maximum atomic E-state index is 9.03. The van der Waals surface area contributed by atoms with Crippen LogP contribution in [-0.2, 0) is 6.61 Å². The van der Waals surface area contributed by atoms with Gasteiger partial charge < -0.3 is 5.11 Å². The number of hydrogen-bond acceptors (Lipinski definition) is 4. The highest BCUT2D eigenvalue weighted by Gasteiger charge is 2.03. The highest BCUT2D eigenvalue weighted by Crippen LogP contribution is 2.14. The van der Waals surface area contributed by atoms with E-state index in [4.69, 9.17) is 5.11 Å². The van der Waals surface area contributed by atoms with Gasteiger partial charge in [-0.2, -0.15) is 0 Å². The maximum Gasteiger partial charge on any atom is 0.159 e. The van der Waals surface area contributed by atoms with Crippen molar-refractivity contribution in [1.82, 2.24) is 15.0 Å². The number of hydrogen-bond donors (Lipinski definition) is 1. The Balaban J connectivity index is 2.49. The zero-order valence-corrected chi connectivity index (χ0v) is 8.38. The first-order valence-electron chi connectivity index (χ1n) is 4.65. The maximum absolute atomic E-state index is 9.03. The minimum Gasteiger partial charge on any atom is -0.390 e. The summed E-state index contributed by atoms with van der Waals surface area (Å²) in [7, 11) is 0. The van der Waals surface area contributed by atoms with Crippen LogP contribution in [0.5, 0.6) is 0 Å². The molecule has 0 radical (unpaired) electrons. The molecule has 2 heterocycles. The topological polar surface area (TPSA) is 58.9 Å². The van der Waals surface area contributed by atoms with E-state index in [0.717, 1.165) is 11.3 Å². The lowest BCUT2D eigenvalue weighted by molar-refractivity contribution is 0.276. The summed E-state index contributed by atoms with van der Waals surface area (Å²) >= 11 is 0. The van der Waals surface area contributed by atoms with Gasteiger partial charge in [0.25, 0.3) is 0 Å². The Labute approximate surface area is 87.7 Å². The Bertz CT molecular complexity index is 457. The van der Waals surface area contributed by atoms with Crippen LogP contribution in [0.1, 0.15) is 11.4 Å². The monoisotopic (exact) mass is 201 g/mol. The molecule has 0 aliphatic rings. The largest absolute Gasteiger partial charge is 0.390 e. The highest BCUT2D eigenvalue weighted by molar-refractivity contribution is 5.53. The second-order valence-electron chi connectivity index (χ2n) is 3.22. The van der Waals surface area contributed by atoms with Crippen LogP contribution in [0.4, 0.5) is 0 Å². The van der Waals surface area contributed by atoms with Crippen molar-refractivity contribution < 1.29 is 5.11 Å². The van der Waals surface area contributed by atoms with Crippen LogP contribution in [-0.4, -0.2) is 20.1 Å². The van der Waals surface area contributed by atoms with E-state index >= 15 is 0 Å². The van der Waals surface area contributed by atoms with Crippen molar-refractivity contribution >= 4 is 0 Å². The number of pyridine rings is 1. The summed E-state index contributed by atoms with van der Waals surface area (Å²) < 4.78 is 0. The molecule has 0 unspecified atom stereocenters. The third-order valence-electron chi connectivity index (χ3n) is 2.01. The SMILES string of the molecule is Cc1cc(CO)nc(-c2ccncc2)n1. The summed E-state index contributed by atoms with van der Waals surface area (Å²) in [6, 6.07) is 5.45. The van der Waals surface area contributed by atoms with Crippen LogP contribution < -0.4 is 0 Å². The molecule has 2 aromatic heterocycles. The molecule has 2 aromatic rings. The van der Waals surface area contributed by atoms with Crippen molar-refractivity contribution in [1.29, 1.82) is 0 Å². The van der Waals surface area contributed by atoms with Gasteiger partial charge in [-0.3, -0.25) is 4.98 Å². The molecule has 76 valence electrons. The second kappa shape index (κ2) is 4.14. The van der Waals surface area contributed by atoms with Crippen LogP contribution in [0.25, 0.3) is 11.4 Å². The summed E-state index contributed by atoms with van der Waals surface area (Å²) in [5, 5.41) is 9.03. The third-order valence-corrected chi connectivity index (χ3v) is 2.01. The predicted molar refractivity (Wildman–Crippen MR) is 55.9 cm³/mol. The molecule has 0 spiro atoms. The van der Waals surface area contributed by atoms with Gasteiger partial charge in [0, 0.05) is 23.7 Å². The first-order chi connectivity index (χ1) is 7.29. The first kappa shape index (κ1) is 9.73. The Morgan fingerprint density at radius 3 is 2.60 bits per heavy atom. The molecule has 0 aliphatic carbocycles. The lowest BCUT2D eigenvalue weighted by Crippen LogP contribution is -1.97. The standard InChI is InChI=1S/C11H11N3O/c1-8-6-10(7-15)14-11(13-8)9-2-4-12-5-3-9/h2-6,15H,7H2,1H3. The molecule has 0 amide bonds. The van der Waals surface area contributed by atoms with E-state index in [1.807, 2.05) is 19.1 Å². The fourth-order valence-corrected chi connectivity index (χ4v) is 1.34. The molecular formula is C11H11N3O. The normalized spacial score (nSPS) is 10.3. The molecule has 0 aromatic carbocycles. The van der Waals surface area contributed by atoms with Crippen molar-refractivity contribution in [2.24, 2.45) is 0 Å². The summed E-state index contributed by atoms with van der Waals surface area (Å²) in [4.78, 5) is 12.5. The Kier molecular flexibility index (Phi) is 2.69. The summed E-state index contributed by atoms with van der Waals surface area (Å²) in [5.74, 6) is 0.626. The average Bonchev–Trinajstić information content (AvgIpc) is 2.29. The quantitative estimate of drug-likeness (QED) is 0.796. The Morgan fingerprint density at radius 1 is 1.20 bits per heavy atom. The predicted octanol–water partition coefficient (Wildman–Crippen LogP) is 1.34. The lowest BCUT2D eigenvalue weighted by Gasteiger charge is -2.03. The fraction of sp³-hybridized carbons (Fsp3) is 0.182. The molecule has 4 heteroatoms. The summed E-state index contributed by atoms with van der Waals surface area (Å²) in [6.45, 7) is 1.81. The molecular weight excluding hydrogens is 190 g/mol. The van der Waals surface area contributed by atoms with Crippen molar-refractivity contribution in [3.05, 3.63) is 42.0 Å². The van der Waals surface area contributed by atoms with E-state index < -0.39 is 0 Å². The molecule has 0 saturated heterocycles.